The fraction of sp³-hybridized carbons (Fsp3) is 0.0400. The van der Waals surface area contributed by atoms with E-state index >= 15 is 0 Å². The van der Waals surface area contributed by atoms with E-state index in [2.05, 4.69) is 14.9 Å². The summed E-state index contributed by atoms with van der Waals surface area (Å²) < 4.78 is 9.69. The average molecular weight is 458 g/mol. The minimum Gasteiger partial charge on any atom is -0.489 e. The predicted octanol–water partition coefficient (Wildman–Crippen LogP) is 4.64. The molecule has 2 N–H and O–H groups in total. The van der Waals surface area contributed by atoms with Crippen LogP contribution in [0.5, 0.6) is 5.75 Å². The number of aliphatic carboxylic acids is 1. The van der Waals surface area contributed by atoms with Gasteiger partial charge in [-0.2, -0.15) is 0 Å². The normalized spacial score (nSPS) is 11.1. The Labute approximate surface area is 194 Å². The molecule has 164 valence electrons. The molecular weight excluding hydrogens is 438 g/mol. The van der Waals surface area contributed by atoms with Crippen molar-refractivity contribution in [2.75, 3.05) is 0 Å². The molecule has 0 saturated heterocycles. The zero-order valence-corrected chi connectivity index (χ0v) is 18.2. The summed E-state index contributed by atoms with van der Waals surface area (Å²) in [5.41, 5.74) is 3.63. The fourth-order valence-electron chi connectivity index (χ4n) is 2.99. The van der Waals surface area contributed by atoms with Gasteiger partial charge in [-0.1, -0.05) is 59.1 Å². The molecule has 4 aromatic rings. The van der Waals surface area contributed by atoms with Crippen LogP contribution in [0, 0.1) is 0 Å². The van der Waals surface area contributed by atoms with Crippen LogP contribution in [0.4, 0.5) is 0 Å². The first kappa shape index (κ1) is 21.9. The van der Waals surface area contributed by atoms with Crippen molar-refractivity contribution in [3.05, 3.63) is 107 Å². The highest BCUT2D eigenvalue weighted by molar-refractivity contribution is 7.03. The van der Waals surface area contributed by atoms with E-state index in [-0.39, 0.29) is 5.70 Å². The molecule has 0 spiro atoms. The third kappa shape index (κ3) is 5.90. The van der Waals surface area contributed by atoms with Gasteiger partial charge in [-0.05, 0) is 53.0 Å². The van der Waals surface area contributed by atoms with Crippen LogP contribution in [0.25, 0.3) is 17.3 Å². The molecule has 0 unspecified atom stereocenters. The van der Waals surface area contributed by atoms with Gasteiger partial charge in [0.2, 0.25) is 0 Å². The van der Waals surface area contributed by atoms with Gasteiger partial charge in [-0.25, -0.2) is 4.79 Å². The number of nitrogens with zero attached hydrogens (tertiary/aromatic N) is 2. The summed E-state index contributed by atoms with van der Waals surface area (Å²) in [5.74, 6) is -1.07. The van der Waals surface area contributed by atoms with Crippen LogP contribution in [-0.2, 0) is 11.4 Å². The van der Waals surface area contributed by atoms with Gasteiger partial charge in [0, 0.05) is 16.5 Å². The Morgan fingerprint density at radius 1 is 0.970 bits per heavy atom. The lowest BCUT2D eigenvalue weighted by Crippen LogP contribution is -2.27. The van der Waals surface area contributed by atoms with Crippen molar-refractivity contribution < 1.29 is 19.4 Å². The highest BCUT2D eigenvalue weighted by atomic mass is 32.1. The van der Waals surface area contributed by atoms with Gasteiger partial charge < -0.3 is 15.2 Å². The van der Waals surface area contributed by atoms with E-state index in [9.17, 15) is 14.7 Å². The quantitative estimate of drug-likeness (QED) is 0.374. The Hall–Kier alpha value is -4.30. The molecular formula is C25H19N3O4S. The van der Waals surface area contributed by atoms with Crippen LogP contribution in [-0.4, -0.2) is 26.6 Å². The first-order valence-electron chi connectivity index (χ1n) is 9.99. The van der Waals surface area contributed by atoms with Crippen molar-refractivity contribution in [1.29, 1.82) is 0 Å². The lowest BCUT2D eigenvalue weighted by molar-refractivity contribution is -0.132. The number of aromatic nitrogens is 2. The number of ether oxygens (including phenoxy) is 1. The summed E-state index contributed by atoms with van der Waals surface area (Å²) in [6, 6.07) is 23.3. The molecule has 0 saturated carbocycles. The third-order valence-electron chi connectivity index (χ3n) is 4.72. The van der Waals surface area contributed by atoms with E-state index in [1.54, 1.807) is 54.6 Å². The maximum Gasteiger partial charge on any atom is 0.352 e. The van der Waals surface area contributed by atoms with Crippen LogP contribution < -0.4 is 10.1 Å². The highest BCUT2D eigenvalue weighted by Crippen LogP contribution is 2.20. The molecule has 1 heterocycles. The number of hydrogen-bond donors (Lipinski definition) is 2. The van der Waals surface area contributed by atoms with Gasteiger partial charge in [-0.3, -0.25) is 4.79 Å². The van der Waals surface area contributed by atoms with E-state index in [0.717, 1.165) is 16.8 Å². The summed E-state index contributed by atoms with van der Waals surface area (Å²) in [4.78, 5) is 23.9. The Morgan fingerprint density at radius 2 is 1.70 bits per heavy atom. The van der Waals surface area contributed by atoms with Crippen molar-refractivity contribution in [3.63, 3.8) is 0 Å². The number of carbonyl (C=O) groups is 2. The van der Waals surface area contributed by atoms with E-state index < -0.39 is 11.9 Å². The minimum absolute atomic E-state index is 0.215. The predicted molar refractivity (Wildman–Crippen MR) is 126 cm³/mol. The van der Waals surface area contributed by atoms with Gasteiger partial charge >= 0.3 is 5.97 Å². The molecule has 1 amide bonds. The fourth-order valence-corrected chi connectivity index (χ4v) is 3.46. The van der Waals surface area contributed by atoms with Crippen LogP contribution in [0.15, 0.2) is 89.9 Å². The zero-order valence-electron chi connectivity index (χ0n) is 17.3. The van der Waals surface area contributed by atoms with Gasteiger partial charge in [0.25, 0.3) is 5.91 Å². The maximum atomic E-state index is 12.3. The number of nitrogens with one attached hydrogen (secondary N) is 1. The van der Waals surface area contributed by atoms with Gasteiger partial charge in [0.1, 0.15) is 23.7 Å². The summed E-state index contributed by atoms with van der Waals surface area (Å²) in [5, 5.41) is 17.8. The standard InChI is InChI=1S/C25H19N3O4S/c29-24(20-4-2-1-3-5-20)26-22(25(30)31)14-17-8-12-21(13-9-17)32-15-18-6-10-19(11-7-18)23-16-33-28-27-23/h1-14,16H,15H2,(H,26,29)(H,30,31)/b22-14-. The number of rotatable bonds is 8. The van der Waals surface area contributed by atoms with Crippen LogP contribution in [0.2, 0.25) is 0 Å². The van der Waals surface area contributed by atoms with Gasteiger partial charge in [-0.15, -0.1) is 5.10 Å². The van der Waals surface area contributed by atoms with Crippen molar-refractivity contribution in [2.45, 2.75) is 6.61 Å². The summed E-state index contributed by atoms with van der Waals surface area (Å²) in [7, 11) is 0. The summed E-state index contributed by atoms with van der Waals surface area (Å²) in [6.07, 6.45) is 1.40. The Balaban J connectivity index is 1.37. The number of carboxylic acid groups (broad SMARTS) is 1. The number of amides is 1. The molecule has 0 aliphatic carbocycles. The molecule has 33 heavy (non-hydrogen) atoms. The summed E-state index contributed by atoms with van der Waals surface area (Å²) in [6.45, 7) is 0.387. The second kappa shape index (κ2) is 10.3. The average Bonchev–Trinajstić information content (AvgIpc) is 3.39. The van der Waals surface area contributed by atoms with E-state index in [1.165, 1.54) is 17.6 Å². The van der Waals surface area contributed by atoms with Crippen molar-refractivity contribution in [2.24, 2.45) is 0 Å². The zero-order chi connectivity index (χ0) is 23.0. The molecule has 0 bridgehead atoms. The van der Waals surface area contributed by atoms with Crippen LogP contribution in [0.3, 0.4) is 0 Å². The Morgan fingerprint density at radius 3 is 2.33 bits per heavy atom. The largest absolute Gasteiger partial charge is 0.489 e. The molecule has 7 nitrogen and oxygen atoms in total. The molecule has 0 atom stereocenters. The number of carboxylic acids is 1. The van der Waals surface area contributed by atoms with Gasteiger partial charge in [0.15, 0.2) is 0 Å². The smallest absolute Gasteiger partial charge is 0.352 e. The number of benzene rings is 3. The molecule has 0 aliphatic heterocycles. The van der Waals surface area contributed by atoms with E-state index in [1.807, 2.05) is 29.6 Å². The molecule has 4 rings (SSSR count). The molecule has 0 aliphatic rings. The lowest BCUT2D eigenvalue weighted by atomic mass is 10.1. The SMILES string of the molecule is O=C(O)/C(=C/c1ccc(OCc2ccc(-c3csnn3)cc2)cc1)NC(=O)c1ccccc1. The second-order valence-corrected chi connectivity index (χ2v) is 7.64. The second-order valence-electron chi connectivity index (χ2n) is 7.03. The van der Waals surface area contributed by atoms with E-state index in [0.29, 0.717) is 23.5 Å². The minimum atomic E-state index is -1.23. The van der Waals surface area contributed by atoms with Crippen LogP contribution in [0.1, 0.15) is 21.5 Å². The van der Waals surface area contributed by atoms with Crippen molar-refractivity contribution in [3.8, 4) is 17.0 Å². The Kier molecular flexibility index (Phi) is 6.87. The Bertz CT molecular complexity index is 1250. The number of carbonyl (C=O) groups excluding carboxylic acids is 1. The molecule has 0 fully saturated rings. The van der Waals surface area contributed by atoms with Crippen molar-refractivity contribution in [1.82, 2.24) is 14.9 Å². The topological polar surface area (TPSA) is 101 Å². The van der Waals surface area contributed by atoms with Gasteiger partial charge in [0.05, 0.1) is 0 Å². The first-order chi connectivity index (χ1) is 16.1. The van der Waals surface area contributed by atoms with E-state index in [4.69, 9.17) is 4.74 Å². The van der Waals surface area contributed by atoms with Crippen LogP contribution >= 0.6 is 11.5 Å². The number of hydrogen-bond acceptors (Lipinski definition) is 6. The highest BCUT2D eigenvalue weighted by Gasteiger charge is 2.13. The summed E-state index contributed by atoms with van der Waals surface area (Å²) >= 11 is 1.31. The molecule has 1 aromatic heterocycles. The molecule has 3 aromatic carbocycles. The molecule has 8 heteroatoms. The monoisotopic (exact) mass is 457 g/mol. The maximum absolute atomic E-state index is 12.3. The molecule has 0 radical (unpaired) electrons. The first-order valence-corrected chi connectivity index (χ1v) is 10.8. The van der Waals surface area contributed by atoms with Crippen molar-refractivity contribution >= 4 is 29.5 Å². The lowest BCUT2D eigenvalue weighted by Gasteiger charge is -2.08. The third-order valence-corrected chi connectivity index (χ3v) is 5.23.